The molecule has 1 heterocycles. The monoisotopic (exact) mass is 336 g/mol. The fourth-order valence-electron chi connectivity index (χ4n) is 3.24. The summed E-state index contributed by atoms with van der Waals surface area (Å²) in [6, 6.07) is 18.5. The summed E-state index contributed by atoms with van der Waals surface area (Å²) in [7, 11) is 0. The first kappa shape index (κ1) is 17.2. The molecule has 0 radical (unpaired) electrons. The van der Waals surface area contributed by atoms with Crippen molar-refractivity contribution in [3.05, 3.63) is 60.2 Å². The largest absolute Gasteiger partial charge is 0.352 e. The van der Waals surface area contributed by atoms with Gasteiger partial charge in [0.2, 0.25) is 11.8 Å². The molecule has 0 atom stereocenters. The van der Waals surface area contributed by atoms with Crippen LogP contribution in [0.25, 0.3) is 11.1 Å². The molecule has 0 aliphatic carbocycles. The second kappa shape index (κ2) is 7.97. The fraction of sp³-hybridized carbons (Fsp3) is 0.333. The number of piperidine rings is 1. The summed E-state index contributed by atoms with van der Waals surface area (Å²) in [6.45, 7) is 3.48. The number of likely N-dealkylation sites (tertiary alicyclic amines) is 1. The lowest BCUT2D eigenvalue weighted by Crippen LogP contribution is -2.42. The van der Waals surface area contributed by atoms with Crippen molar-refractivity contribution in [2.75, 3.05) is 13.1 Å². The average molecular weight is 336 g/mol. The normalized spacial score (nSPS) is 15.0. The van der Waals surface area contributed by atoms with Crippen LogP contribution in [0.1, 0.15) is 25.3 Å². The van der Waals surface area contributed by atoms with Crippen LogP contribution < -0.4 is 5.32 Å². The molecule has 2 amide bonds. The van der Waals surface area contributed by atoms with Crippen LogP contribution in [0.15, 0.2) is 54.6 Å². The lowest BCUT2D eigenvalue weighted by Gasteiger charge is -2.30. The van der Waals surface area contributed by atoms with Gasteiger partial charge in [0.05, 0.1) is 0 Å². The van der Waals surface area contributed by atoms with Crippen molar-refractivity contribution in [3.8, 4) is 11.1 Å². The van der Waals surface area contributed by atoms with Crippen LogP contribution in [0.2, 0.25) is 0 Å². The number of benzene rings is 2. The Kier molecular flexibility index (Phi) is 5.49. The number of hydrogen-bond acceptors (Lipinski definition) is 2. The van der Waals surface area contributed by atoms with Crippen molar-refractivity contribution in [2.45, 2.75) is 26.3 Å². The Labute approximate surface area is 148 Å². The van der Waals surface area contributed by atoms with Crippen molar-refractivity contribution < 1.29 is 9.59 Å². The van der Waals surface area contributed by atoms with E-state index in [2.05, 4.69) is 41.7 Å². The van der Waals surface area contributed by atoms with E-state index in [1.54, 1.807) is 6.92 Å². The molecule has 0 bridgehead atoms. The molecular formula is C21H24N2O2. The Bertz CT molecular complexity index is 717. The van der Waals surface area contributed by atoms with Gasteiger partial charge < -0.3 is 10.2 Å². The summed E-state index contributed by atoms with van der Waals surface area (Å²) in [5.41, 5.74) is 3.46. The summed E-state index contributed by atoms with van der Waals surface area (Å²) in [5.74, 6) is 0.201. The zero-order valence-corrected chi connectivity index (χ0v) is 14.6. The summed E-state index contributed by atoms with van der Waals surface area (Å²) < 4.78 is 0. The molecule has 0 aromatic heterocycles. The number of nitrogens with one attached hydrogen (secondary N) is 1. The first-order valence-corrected chi connectivity index (χ1v) is 8.81. The molecule has 2 aromatic rings. The number of carbonyl (C=O) groups is 2. The predicted octanol–water partition coefficient (Wildman–Crippen LogP) is 3.23. The SMILES string of the molecule is CC(=O)N1CCC(C(=O)NCc2ccc(-c3ccccc3)cc2)CC1. The van der Waals surface area contributed by atoms with Gasteiger partial charge in [-0.25, -0.2) is 0 Å². The predicted molar refractivity (Wildman–Crippen MR) is 98.7 cm³/mol. The Balaban J connectivity index is 1.50. The lowest BCUT2D eigenvalue weighted by atomic mass is 9.95. The second-order valence-corrected chi connectivity index (χ2v) is 6.56. The Morgan fingerprint density at radius 1 is 0.960 bits per heavy atom. The summed E-state index contributed by atoms with van der Waals surface area (Å²) in [5, 5.41) is 3.03. The number of amides is 2. The molecule has 25 heavy (non-hydrogen) atoms. The Hall–Kier alpha value is -2.62. The van der Waals surface area contributed by atoms with Gasteiger partial charge in [0.15, 0.2) is 0 Å². The van der Waals surface area contributed by atoms with E-state index < -0.39 is 0 Å². The van der Waals surface area contributed by atoms with Crippen LogP contribution in [0, 0.1) is 5.92 Å². The topological polar surface area (TPSA) is 49.4 Å². The van der Waals surface area contributed by atoms with Crippen molar-refractivity contribution in [2.24, 2.45) is 5.92 Å². The van der Waals surface area contributed by atoms with Gasteiger partial charge in [-0.2, -0.15) is 0 Å². The van der Waals surface area contributed by atoms with E-state index >= 15 is 0 Å². The molecule has 2 aromatic carbocycles. The van der Waals surface area contributed by atoms with Crippen LogP contribution in [0.5, 0.6) is 0 Å². The third-order valence-corrected chi connectivity index (χ3v) is 4.84. The highest BCUT2D eigenvalue weighted by atomic mass is 16.2. The maximum absolute atomic E-state index is 12.3. The van der Waals surface area contributed by atoms with Crippen LogP contribution in [0.4, 0.5) is 0 Å². The third-order valence-electron chi connectivity index (χ3n) is 4.84. The zero-order chi connectivity index (χ0) is 17.6. The summed E-state index contributed by atoms with van der Waals surface area (Å²) in [6.07, 6.45) is 1.50. The molecule has 0 spiro atoms. The number of hydrogen-bond donors (Lipinski definition) is 1. The molecule has 1 N–H and O–H groups in total. The van der Waals surface area contributed by atoms with Gasteiger partial charge in [0.1, 0.15) is 0 Å². The van der Waals surface area contributed by atoms with Crippen molar-refractivity contribution in [1.29, 1.82) is 0 Å². The molecule has 3 rings (SSSR count). The van der Waals surface area contributed by atoms with E-state index in [0.29, 0.717) is 19.6 Å². The molecule has 1 aliphatic heterocycles. The molecule has 1 saturated heterocycles. The van der Waals surface area contributed by atoms with Crippen LogP contribution in [-0.4, -0.2) is 29.8 Å². The molecule has 0 unspecified atom stereocenters. The minimum atomic E-state index is 0.0131. The fourth-order valence-corrected chi connectivity index (χ4v) is 3.24. The van der Waals surface area contributed by atoms with Crippen LogP contribution in [0.3, 0.4) is 0 Å². The van der Waals surface area contributed by atoms with E-state index in [0.717, 1.165) is 18.4 Å². The third kappa shape index (κ3) is 4.47. The molecular weight excluding hydrogens is 312 g/mol. The maximum atomic E-state index is 12.3. The second-order valence-electron chi connectivity index (χ2n) is 6.56. The van der Waals surface area contributed by atoms with Crippen molar-refractivity contribution >= 4 is 11.8 Å². The van der Waals surface area contributed by atoms with Gasteiger partial charge in [-0.05, 0) is 29.5 Å². The molecule has 1 aliphatic rings. The quantitative estimate of drug-likeness (QED) is 0.932. The van der Waals surface area contributed by atoms with Gasteiger partial charge in [-0.15, -0.1) is 0 Å². The molecule has 4 heteroatoms. The van der Waals surface area contributed by atoms with E-state index in [4.69, 9.17) is 0 Å². The zero-order valence-electron chi connectivity index (χ0n) is 14.6. The summed E-state index contributed by atoms with van der Waals surface area (Å²) >= 11 is 0. The standard InChI is InChI=1S/C21H24N2O2/c1-16(24)23-13-11-20(12-14-23)21(25)22-15-17-7-9-19(10-8-17)18-5-3-2-4-6-18/h2-10,20H,11-15H2,1H3,(H,22,25). The first-order chi connectivity index (χ1) is 12.1. The van der Waals surface area contributed by atoms with E-state index in [9.17, 15) is 9.59 Å². The van der Waals surface area contributed by atoms with Crippen LogP contribution >= 0.6 is 0 Å². The van der Waals surface area contributed by atoms with Gasteiger partial charge in [0.25, 0.3) is 0 Å². The highest BCUT2D eigenvalue weighted by Gasteiger charge is 2.25. The van der Waals surface area contributed by atoms with Gasteiger partial charge in [0, 0.05) is 32.5 Å². The smallest absolute Gasteiger partial charge is 0.223 e. The highest BCUT2D eigenvalue weighted by Crippen LogP contribution is 2.20. The van der Waals surface area contributed by atoms with Gasteiger partial charge >= 0.3 is 0 Å². The maximum Gasteiger partial charge on any atom is 0.223 e. The van der Waals surface area contributed by atoms with Crippen LogP contribution in [-0.2, 0) is 16.1 Å². The first-order valence-electron chi connectivity index (χ1n) is 8.81. The highest BCUT2D eigenvalue weighted by molar-refractivity contribution is 5.79. The molecule has 1 fully saturated rings. The number of carbonyl (C=O) groups excluding carboxylic acids is 2. The molecule has 0 saturated carbocycles. The lowest BCUT2D eigenvalue weighted by molar-refractivity contribution is -0.134. The minimum absolute atomic E-state index is 0.0131. The Morgan fingerprint density at radius 3 is 2.16 bits per heavy atom. The van der Waals surface area contributed by atoms with E-state index in [-0.39, 0.29) is 17.7 Å². The number of rotatable bonds is 4. The molecule has 4 nitrogen and oxygen atoms in total. The average Bonchev–Trinajstić information content (AvgIpc) is 2.67. The van der Waals surface area contributed by atoms with Crippen molar-refractivity contribution in [1.82, 2.24) is 10.2 Å². The van der Waals surface area contributed by atoms with E-state index in [1.807, 2.05) is 23.1 Å². The van der Waals surface area contributed by atoms with Gasteiger partial charge in [-0.1, -0.05) is 54.6 Å². The minimum Gasteiger partial charge on any atom is -0.352 e. The number of nitrogens with zero attached hydrogens (tertiary/aromatic N) is 1. The van der Waals surface area contributed by atoms with Gasteiger partial charge in [-0.3, -0.25) is 9.59 Å². The summed E-state index contributed by atoms with van der Waals surface area (Å²) in [4.78, 5) is 25.5. The van der Waals surface area contributed by atoms with Crippen molar-refractivity contribution in [3.63, 3.8) is 0 Å². The van der Waals surface area contributed by atoms with E-state index in [1.165, 1.54) is 11.1 Å². The Morgan fingerprint density at radius 2 is 1.56 bits per heavy atom. The molecule has 130 valence electrons.